The van der Waals surface area contributed by atoms with Crippen LogP contribution in [0, 0.1) is 12.3 Å². The van der Waals surface area contributed by atoms with Gasteiger partial charge in [0.05, 0.1) is 6.54 Å². The summed E-state index contributed by atoms with van der Waals surface area (Å²) in [6.45, 7) is 2.66. The SMILES string of the molecule is C#CCN[C@@H](C)c1ccc(Cl)cc1. The lowest BCUT2D eigenvalue weighted by Gasteiger charge is -2.11. The maximum atomic E-state index is 5.77. The van der Waals surface area contributed by atoms with Crippen LogP contribution in [-0.2, 0) is 0 Å². The third kappa shape index (κ3) is 3.10. The molecule has 1 N–H and O–H groups in total. The minimum atomic E-state index is 0.272. The number of nitrogens with one attached hydrogen (secondary N) is 1. The smallest absolute Gasteiger partial charge is 0.0578 e. The van der Waals surface area contributed by atoms with Gasteiger partial charge in [-0.2, -0.15) is 0 Å². The van der Waals surface area contributed by atoms with E-state index < -0.39 is 0 Å². The van der Waals surface area contributed by atoms with Crippen molar-refractivity contribution in [1.29, 1.82) is 0 Å². The summed E-state index contributed by atoms with van der Waals surface area (Å²) in [4.78, 5) is 0. The predicted molar refractivity (Wildman–Crippen MR) is 56.7 cm³/mol. The highest BCUT2D eigenvalue weighted by Gasteiger charge is 2.02. The zero-order chi connectivity index (χ0) is 9.68. The zero-order valence-electron chi connectivity index (χ0n) is 7.55. The molecular weight excluding hydrogens is 182 g/mol. The number of rotatable bonds is 3. The van der Waals surface area contributed by atoms with Crippen LogP contribution >= 0.6 is 11.6 Å². The summed E-state index contributed by atoms with van der Waals surface area (Å²) in [6.07, 6.45) is 5.15. The Hall–Kier alpha value is -0.970. The molecule has 0 fully saturated rings. The van der Waals surface area contributed by atoms with Gasteiger partial charge in [0.15, 0.2) is 0 Å². The molecule has 0 aliphatic heterocycles. The molecule has 0 aromatic heterocycles. The summed E-state index contributed by atoms with van der Waals surface area (Å²) in [7, 11) is 0. The van der Waals surface area contributed by atoms with Crippen LogP contribution in [0.4, 0.5) is 0 Å². The first-order chi connectivity index (χ1) is 6.24. The molecule has 0 amide bonds. The van der Waals surface area contributed by atoms with Gasteiger partial charge < -0.3 is 0 Å². The Morgan fingerprint density at radius 1 is 1.46 bits per heavy atom. The summed E-state index contributed by atoms with van der Waals surface area (Å²) < 4.78 is 0. The van der Waals surface area contributed by atoms with Crippen molar-refractivity contribution in [2.45, 2.75) is 13.0 Å². The number of halogens is 1. The van der Waals surface area contributed by atoms with Gasteiger partial charge in [-0.05, 0) is 24.6 Å². The Balaban J connectivity index is 2.62. The van der Waals surface area contributed by atoms with Gasteiger partial charge in [-0.25, -0.2) is 0 Å². The lowest BCUT2D eigenvalue weighted by Crippen LogP contribution is -2.18. The van der Waals surface area contributed by atoms with Crippen molar-refractivity contribution in [3.05, 3.63) is 34.9 Å². The first kappa shape index (κ1) is 10.1. The van der Waals surface area contributed by atoms with E-state index in [1.54, 1.807) is 0 Å². The Labute approximate surface area is 84.1 Å². The van der Waals surface area contributed by atoms with Crippen LogP contribution in [0.3, 0.4) is 0 Å². The molecule has 0 aliphatic rings. The van der Waals surface area contributed by atoms with Gasteiger partial charge >= 0.3 is 0 Å². The third-order valence-electron chi connectivity index (χ3n) is 1.88. The van der Waals surface area contributed by atoms with Crippen molar-refractivity contribution in [3.8, 4) is 12.3 Å². The molecule has 0 spiro atoms. The van der Waals surface area contributed by atoms with Crippen LogP contribution in [0.15, 0.2) is 24.3 Å². The maximum Gasteiger partial charge on any atom is 0.0578 e. The molecule has 0 bridgehead atoms. The zero-order valence-corrected chi connectivity index (χ0v) is 8.31. The predicted octanol–water partition coefficient (Wildman–Crippen LogP) is 2.62. The lowest BCUT2D eigenvalue weighted by atomic mass is 10.1. The molecule has 13 heavy (non-hydrogen) atoms. The minimum absolute atomic E-state index is 0.272. The molecular formula is C11H12ClN. The van der Waals surface area contributed by atoms with Crippen molar-refractivity contribution in [2.75, 3.05) is 6.54 Å². The fourth-order valence-electron chi connectivity index (χ4n) is 1.08. The van der Waals surface area contributed by atoms with Gasteiger partial charge in [-0.15, -0.1) is 6.42 Å². The first-order valence-corrected chi connectivity index (χ1v) is 4.54. The Morgan fingerprint density at radius 3 is 2.62 bits per heavy atom. The van der Waals surface area contributed by atoms with E-state index in [2.05, 4.69) is 18.2 Å². The van der Waals surface area contributed by atoms with Gasteiger partial charge in [0.25, 0.3) is 0 Å². The van der Waals surface area contributed by atoms with E-state index in [0.29, 0.717) is 6.54 Å². The summed E-state index contributed by atoms with van der Waals surface area (Å²) in [5.41, 5.74) is 1.19. The Kier molecular flexibility index (Phi) is 3.82. The molecule has 68 valence electrons. The molecule has 1 aromatic rings. The quantitative estimate of drug-likeness (QED) is 0.728. The van der Waals surface area contributed by atoms with Gasteiger partial charge in [0, 0.05) is 11.1 Å². The average Bonchev–Trinajstić information content (AvgIpc) is 2.15. The summed E-state index contributed by atoms with van der Waals surface area (Å²) >= 11 is 5.77. The highest BCUT2D eigenvalue weighted by atomic mass is 35.5. The number of benzene rings is 1. The highest BCUT2D eigenvalue weighted by molar-refractivity contribution is 6.30. The topological polar surface area (TPSA) is 12.0 Å². The van der Waals surface area contributed by atoms with E-state index in [0.717, 1.165) is 5.02 Å². The largest absolute Gasteiger partial charge is 0.300 e. The van der Waals surface area contributed by atoms with E-state index in [-0.39, 0.29) is 6.04 Å². The van der Waals surface area contributed by atoms with Crippen LogP contribution in [0.2, 0.25) is 5.02 Å². The summed E-state index contributed by atoms with van der Waals surface area (Å²) in [6, 6.07) is 8.02. The fraction of sp³-hybridized carbons (Fsp3) is 0.273. The first-order valence-electron chi connectivity index (χ1n) is 4.16. The molecule has 0 saturated heterocycles. The van der Waals surface area contributed by atoms with Crippen molar-refractivity contribution < 1.29 is 0 Å². The number of terminal acetylenes is 1. The van der Waals surface area contributed by atoms with Crippen LogP contribution < -0.4 is 5.32 Å². The normalized spacial score (nSPS) is 12.1. The molecule has 1 rings (SSSR count). The van der Waals surface area contributed by atoms with E-state index in [1.807, 2.05) is 24.3 Å². The Morgan fingerprint density at radius 2 is 2.08 bits per heavy atom. The van der Waals surface area contributed by atoms with E-state index in [9.17, 15) is 0 Å². The maximum absolute atomic E-state index is 5.77. The van der Waals surface area contributed by atoms with Gasteiger partial charge in [0.1, 0.15) is 0 Å². The average molecular weight is 194 g/mol. The van der Waals surface area contributed by atoms with E-state index in [1.165, 1.54) is 5.56 Å². The van der Waals surface area contributed by atoms with Crippen LogP contribution in [0.5, 0.6) is 0 Å². The van der Waals surface area contributed by atoms with Crippen molar-refractivity contribution in [3.63, 3.8) is 0 Å². The lowest BCUT2D eigenvalue weighted by molar-refractivity contribution is 0.623. The van der Waals surface area contributed by atoms with E-state index >= 15 is 0 Å². The van der Waals surface area contributed by atoms with Crippen LogP contribution in [-0.4, -0.2) is 6.54 Å². The van der Waals surface area contributed by atoms with Crippen molar-refractivity contribution in [2.24, 2.45) is 0 Å². The molecule has 0 saturated carbocycles. The molecule has 0 aliphatic carbocycles. The second kappa shape index (κ2) is 4.91. The molecule has 0 unspecified atom stereocenters. The molecule has 0 radical (unpaired) electrons. The monoisotopic (exact) mass is 193 g/mol. The van der Waals surface area contributed by atoms with Gasteiger partial charge in [-0.1, -0.05) is 29.7 Å². The minimum Gasteiger partial charge on any atom is -0.300 e. The molecule has 0 heterocycles. The molecule has 2 heteroatoms. The summed E-state index contributed by atoms with van der Waals surface area (Å²) in [5, 5.41) is 3.95. The van der Waals surface area contributed by atoms with Gasteiger partial charge in [-0.3, -0.25) is 5.32 Å². The second-order valence-corrected chi connectivity index (χ2v) is 3.29. The fourth-order valence-corrected chi connectivity index (χ4v) is 1.21. The number of hydrogen-bond acceptors (Lipinski definition) is 1. The highest BCUT2D eigenvalue weighted by Crippen LogP contribution is 2.15. The molecule has 1 atom stereocenters. The van der Waals surface area contributed by atoms with Gasteiger partial charge in [0.2, 0.25) is 0 Å². The third-order valence-corrected chi connectivity index (χ3v) is 2.13. The molecule has 1 aromatic carbocycles. The summed E-state index contributed by atoms with van der Waals surface area (Å²) in [5.74, 6) is 2.54. The standard InChI is InChI=1S/C11H12ClN/c1-3-8-13-9(2)10-4-6-11(12)7-5-10/h1,4-7,9,13H,8H2,2H3/t9-/m0/s1. The van der Waals surface area contributed by atoms with Crippen LogP contribution in [0.1, 0.15) is 18.5 Å². The van der Waals surface area contributed by atoms with E-state index in [4.69, 9.17) is 18.0 Å². The van der Waals surface area contributed by atoms with Crippen molar-refractivity contribution in [1.82, 2.24) is 5.32 Å². The Bertz CT molecular complexity index is 297. The van der Waals surface area contributed by atoms with Crippen molar-refractivity contribution >= 4 is 11.6 Å². The number of hydrogen-bond donors (Lipinski definition) is 1. The molecule has 1 nitrogen and oxygen atoms in total. The van der Waals surface area contributed by atoms with Crippen LogP contribution in [0.25, 0.3) is 0 Å². The second-order valence-electron chi connectivity index (χ2n) is 2.86.